The van der Waals surface area contributed by atoms with Gasteiger partial charge >= 0.3 is 12.4 Å². The predicted molar refractivity (Wildman–Crippen MR) is 95.8 cm³/mol. The number of urea groups is 1. The fourth-order valence-corrected chi connectivity index (χ4v) is 2.82. The fraction of sp³-hybridized carbons (Fsp3) is 0.316. The van der Waals surface area contributed by atoms with Gasteiger partial charge in [-0.25, -0.2) is 4.79 Å². The summed E-state index contributed by atoms with van der Waals surface area (Å²) in [6, 6.07) is 10.4. The number of rotatable bonds is 6. The maximum Gasteiger partial charge on any atom is 0.573 e. The standard InChI is InChI=1S/C19H19F3N2O4/c1-26-16-7-6-14(24-9-3-8-23-18(24)25)11-17(16)27-12-13-4-2-5-15(10-13)28-19(20,21)22/h2,4-7,10-11H,3,8-9,12H2,1H3,(H,23,25). The first-order valence-corrected chi connectivity index (χ1v) is 8.56. The van der Waals surface area contributed by atoms with Crippen LogP contribution in [0.5, 0.6) is 17.2 Å². The van der Waals surface area contributed by atoms with E-state index in [-0.39, 0.29) is 18.4 Å². The first-order chi connectivity index (χ1) is 13.4. The number of ether oxygens (including phenoxy) is 3. The SMILES string of the molecule is COc1ccc(N2CCCNC2=O)cc1OCc1cccc(OC(F)(F)F)c1. The molecule has 1 aliphatic rings. The number of alkyl halides is 3. The normalized spacial score (nSPS) is 14.4. The third-order valence-electron chi connectivity index (χ3n) is 4.07. The number of nitrogens with zero attached hydrogens (tertiary/aromatic N) is 1. The van der Waals surface area contributed by atoms with Gasteiger partial charge < -0.3 is 19.5 Å². The van der Waals surface area contributed by atoms with E-state index in [1.54, 1.807) is 29.2 Å². The molecular formula is C19H19F3N2O4. The summed E-state index contributed by atoms with van der Waals surface area (Å²) in [5, 5.41) is 2.77. The number of methoxy groups -OCH3 is 1. The van der Waals surface area contributed by atoms with E-state index in [2.05, 4.69) is 10.1 Å². The number of hydrogen-bond donors (Lipinski definition) is 1. The molecule has 0 aromatic heterocycles. The topological polar surface area (TPSA) is 60.0 Å². The lowest BCUT2D eigenvalue weighted by atomic mass is 10.2. The minimum atomic E-state index is -4.76. The summed E-state index contributed by atoms with van der Waals surface area (Å²) in [4.78, 5) is 13.6. The molecule has 1 heterocycles. The number of carbonyl (C=O) groups is 1. The average molecular weight is 396 g/mol. The molecule has 2 aromatic carbocycles. The van der Waals surface area contributed by atoms with Gasteiger partial charge in [0.15, 0.2) is 11.5 Å². The van der Waals surface area contributed by atoms with Crippen molar-refractivity contribution in [3.05, 3.63) is 48.0 Å². The Morgan fingerprint density at radius 1 is 1.14 bits per heavy atom. The lowest BCUT2D eigenvalue weighted by Gasteiger charge is -2.28. The van der Waals surface area contributed by atoms with Crippen LogP contribution in [0.4, 0.5) is 23.7 Å². The quantitative estimate of drug-likeness (QED) is 0.799. The molecule has 0 saturated carbocycles. The zero-order chi connectivity index (χ0) is 20.1. The van der Waals surface area contributed by atoms with Crippen LogP contribution in [0.1, 0.15) is 12.0 Å². The van der Waals surface area contributed by atoms with Crippen LogP contribution in [-0.2, 0) is 6.61 Å². The Hall–Kier alpha value is -3.10. The van der Waals surface area contributed by atoms with Crippen LogP contribution < -0.4 is 24.4 Å². The maximum absolute atomic E-state index is 12.4. The van der Waals surface area contributed by atoms with Gasteiger partial charge in [0.25, 0.3) is 0 Å². The third kappa shape index (κ3) is 4.99. The van der Waals surface area contributed by atoms with Gasteiger partial charge in [-0.05, 0) is 36.2 Å². The lowest BCUT2D eigenvalue weighted by molar-refractivity contribution is -0.274. The van der Waals surface area contributed by atoms with Crippen molar-refractivity contribution in [2.24, 2.45) is 0 Å². The molecule has 0 radical (unpaired) electrons. The van der Waals surface area contributed by atoms with E-state index in [1.165, 1.54) is 25.3 Å². The number of carbonyl (C=O) groups excluding carboxylic acids is 1. The molecule has 2 amide bonds. The minimum Gasteiger partial charge on any atom is -0.493 e. The molecule has 0 aliphatic carbocycles. The molecular weight excluding hydrogens is 377 g/mol. The molecule has 1 N–H and O–H groups in total. The molecule has 0 atom stereocenters. The number of halogens is 3. The number of hydrogen-bond acceptors (Lipinski definition) is 4. The van der Waals surface area contributed by atoms with Gasteiger partial charge in [-0.1, -0.05) is 12.1 Å². The van der Waals surface area contributed by atoms with Crippen LogP contribution in [-0.4, -0.2) is 32.6 Å². The summed E-state index contributed by atoms with van der Waals surface area (Å²) in [6.07, 6.45) is -3.94. The smallest absolute Gasteiger partial charge is 0.493 e. The van der Waals surface area contributed by atoms with Gasteiger partial charge in [-0.2, -0.15) is 0 Å². The zero-order valence-corrected chi connectivity index (χ0v) is 15.1. The van der Waals surface area contributed by atoms with Crippen molar-refractivity contribution < 1.29 is 32.2 Å². The molecule has 0 bridgehead atoms. The van der Waals surface area contributed by atoms with E-state index in [0.717, 1.165) is 6.42 Å². The molecule has 2 aromatic rings. The highest BCUT2D eigenvalue weighted by Crippen LogP contribution is 2.33. The van der Waals surface area contributed by atoms with Crippen LogP contribution in [0, 0.1) is 0 Å². The molecule has 150 valence electrons. The van der Waals surface area contributed by atoms with E-state index in [9.17, 15) is 18.0 Å². The Morgan fingerprint density at radius 3 is 2.68 bits per heavy atom. The Labute approximate surface area is 159 Å². The van der Waals surface area contributed by atoms with Crippen LogP contribution in [0.15, 0.2) is 42.5 Å². The molecule has 1 fully saturated rings. The molecule has 0 unspecified atom stereocenters. The highest BCUT2D eigenvalue weighted by Gasteiger charge is 2.31. The Kier molecular flexibility index (Phi) is 5.81. The van der Waals surface area contributed by atoms with Gasteiger partial charge in [0.05, 0.1) is 7.11 Å². The summed E-state index contributed by atoms with van der Waals surface area (Å²) < 4.78 is 52.0. The van der Waals surface area contributed by atoms with Crippen molar-refractivity contribution in [1.82, 2.24) is 5.32 Å². The second-order valence-electron chi connectivity index (χ2n) is 6.06. The largest absolute Gasteiger partial charge is 0.573 e. The van der Waals surface area contributed by atoms with Crippen molar-refractivity contribution in [2.75, 3.05) is 25.1 Å². The van der Waals surface area contributed by atoms with Crippen molar-refractivity contribution in [3.8, 4) is 17.2 Å². The predicted octanol–water partition coefficient (Wildman–Crippen LogP) is 4.09. The van der Waals surface area contributed by atoms with Crippen LogP contribution in [0.2, 0.25) is 0 Å². The molecule has 6 nitrogen and oxygen atoms in total. The molecule has 3 rings (SSSR count). The van der Waals surface area contributed by atoms with Gasteiger partial charge in [-0.15, -0.1) is 13.2 Å². The fourth-order valence-electron chi connectivity index (χ4n) is 2.82. The monoisotopic (exact) mass is 396 g/mol. The lowest BCUT2D eigenvalue weighted by Crippen LogP contribution is -2.46. The van der Waals surface area contributed by atoms with Crippen LogP contribution in [0.25, 0.3) is 0 Å². The first kappa shape index (κ1) is 19.7. The summed E-state index contributed by atoms with van der Waals surface area (Å²) in [5.74, 6) is 0.503. The second-order valence-corrected chi connectivity index (χ2v) is 6.06. The minimum absolute atomic E-state index is 0.00106. The van der Waals surface area contributed by atoms with Crippen molar-refractivity contribution >= 4 is 11.7 Å². The molecule has 1 aliphatic heterocycles. The first-order valence-electron chi connectivity index (χ1n) is 8.56. The summed E-state index contributed by atoms with van der Waals surface area (Å²) in [5.41, 5.74) is 1.13. The van der Waals surface area contributed by atoms with E-state index in [4.69, 9.17) is 9.47 Å². The Bertz CT molecular complexity index is 842. The highest BCUT2D eigenvalue weighted by atomic mass is 19.4. The average Bonchev–Trinajstić information content (AvgIpc) is 2.65. The summed E-state index contributed by atoms with van der Waals surface area (Å²) in [7, 11) is 1.48. The van der Waals surface area contributed by atoms with E-state index < -0.39 is 6.36 Å². The van der Waals surface area contributed by atoms with E-state index in [0.29, 0.717) is 35.8 Å². The number of benzene rings is 2. The van der Waals surface area contributed by atoms with Gasteiger partial charge in [0, 0.05) is 24.8 Å². The number of anilines is 1. The summed E-state index contributed by atoms with van der Waals surface area (Å²) >= 11 is 0. The van der Waals surface area contributed by atoms with E-state index in [1.807, 2.05) is 0 Å². The second kappa shape index (κ2) is 8.28. The van der Waals surface area contributed by atoms with Crippen LogP contribution in [0.3, 0.4) is 0 Å². The van der Waals surface area contributed by atoms with Gasteiger partial charge in [-0.3, -0.25) is 4.90 Å². The summed E-state index contributed by atoms with van der Waals surface area (Å²) in [6.45, 7) is 1.21. The Morgan fingerprint density at radius 2 is 1.96 bits per heavy atom. The zero-order valence-electron chi connectivity index (χ0n) is 15.1. The van der Waals surface area contributed by atoms with Crippen molar-refractivity contribution in [3.63, 3.8) is 0 Å². The van der Waals surface area contributed by atoms with Crippen molar-refractivity contribution in [2.45, 2.75) is 19.4 Å². The highest BCUT2D eigenvalue weighted by molar-refractivity contribution is 5.93. The molecule has 9 heteroatoms. The molecule has 28 heavy (non-hydrogen) atoms. The number of amides is 2. The maximum atomic E-state index is 12.4. The Balaban J connectivity index is 1.75. The molecule has 1 saturated heterocycles. The van der Waals surface area contributed by atoms with Gasteiger partial charge in [0.1, 0.15) is 12.4 Å². The van der Waals surface area contributed by atoms with E-state index >= 15 is 0 Å². The third-order valence-corrected chi connectivity index (χ3v) is 4.07. The van der Waals surface area contributed by atoms with Gasteiger partial charge in [0.2, 0.25) is 0 Å². The van der Waals surface area contributed by atoms with Crippen LogP contribution >= 0.6 is 0 Å². The molecule has 0 spiro atoms. The number of nitrogens with one attached hydrogen (secondary N) is 1. The van der Waals surface area contributed by atoms with Crippen molar-refractivity contribution in [1.29, 1.82) is 0 Å².